The second-order valence-corrected chi connectivity index (χ2v) is 9.78. The van der Waals surface area contributed by atoms with Crippen molar-refractivity contribution < 1.29 is 4.74 Å². The molecule has 4 heterocycles. The highest BCUT2D eigenvalue weighted by Crippen LogP contribution is 2.42. The molecular weight excluding hydrogens is 443 g/mol. The van der Waals surface area contributed by atoms with Crippen molar-refractivity contribution in [1.82, 2.24) is 19.6 Å². The Morgan fingerprint density at radius 2 is 2.03 bits per heavy atom. The Morgan fingerprint density at radius 1 is 1.23 bits per heavy atom. The molecule has 2 aliphatic rings. The molecule has 2 atom stereocenters. The van der Waals surface area contributed by atoms with E-state index in [0.29, 0.717) is 15.7 Å². The highest BCUT2D eigenvalue weighted by molar-refractivity contribution is 7.99. The van der Waals surface area contributed by atoms with Crippen LogP contribution in [0.4, 0.5) is 5.82 Å². The first-order valence-corrected chi connectivity index (χ1v) is 11.5. The average Bonchev–Trinajstić information content (AvgIpc) is 3.35. The molecule has 2 fully saturated rings. The summed E-state index contributed by atoms with van der Waals surface area (Å²) in [6.07, 6.45) is 5.51. The first-order valence-electron chi connectivity index (χ1n) is 9.91. The van der Waals surface area contributed by atoms with Gasteiger partial charge in [0, 0.05) is 29.4 Å². The zero-order valence-corrected chi connectivity index (χ0v) is 18.8. The van der Waals surface area contributed by atoms with Crippen molar-refractivity contribution in [2.45, 2.75) is 41.8 Å². The second-order valence-electron chi connectivity index (χ2n) is 7.96. The van der Waals surface area contributed by atoms with E-state index in [9.17, 15) is 0 Å². The van der Waals surface area contributed by atoms with Crippen LogP contribution in [0.25, 0.3) is 5.65 Å². The van der Waals surface area contributed by atoms with Crippen LogP contribution in [0.2, 0.25) is 10.0 Å². The maximum Gasteiger partial charge on any atom is 0.190 e. The van der Waals surface area contributed by atoms with E-state index in [1.54, 1.807) is 12.4 Å². The number of hydrogen-bond donors (Lipinski definition) is 1. The minimum absolute atomic E-state index is 0.0734. The SMILES string of the molecule is CC1OCC2(CCN(c3cnc(Sc4cccc(Cl)c4Cl)c4ncnn34)CC2)C1N. The van der Waals surface area contributed by atoms with Crippen LogP contribution in [-0.4, -0.2) is 51.4 Å². The number of anilines is 1. The summed E-state index contributed by atoms with van der Waals surface area (Å²) >= 11 is 13.9. The van der Waals surface area contributed by atoms with Gasteiger partial charge in [-0.1, -0.05) is 41.0 Å². The Kier molecular flexibility index (Phi) is 5.31. The number of piperidine rings is 1. The molecule has 5 rings (SSSR count). The first-order chi connectivity index (χ1) is 14.5. The normalized spacial score (nSPS) is 23.5. The van der Waals surface area contributed by atoms with Gasteiger partial charge in [-0.2, -0.15) is 9.61 Å². The molecular formula is C20H22Cl2N6OS. The zero-order valence-electron chi connectivity index (χ0n) is 16.5. The summed E-state index contributed by atoms with van der Waals surface area (Å²) in [7, 11) is 0. The molecule has 7 nitrogen and oxygen atoms in total. The fraction of sp³-hybridized carbons (Fsp3) is 0.450. The molecule has 0 aliphatic carbocycles. The van der Waals surface area contributed by atoms with Crippen molar-refractivity contribution in [1.29, 1.82) is 0 Å². The van der Waals surface area contributed by atoms with Crippen molar-refractivity contribution in [2.75, 3.05) is 24.6 Å². The minimum Gasteiger partial charge on any atom is -0.376 e. The summed E-state index contributed by atoms with van der Waals surface area (Å²) in [6, 6.07) is 5.64. The maximum atomic E-state index is 6.46. The Labute approximate surface area is 188 Å². The number of halogens is 2. The predicted molar refractivity (Wildman–Crippen MR) is 119 cm³/mol. The minimum atomic E-state index is 0.0734. The van der Waals surface area contributed by atoms with E-state index >= 15 is 0 Å². The molecule has 2 aromatic heterocycles. The summed E-state index contributed by atoms with van der Waals surface area (Å²) in [5, 5.41) is 6.21. The predicted octanol–water partition coefficient (Wildman–Crippen LogP) is 3.91. The van der Waals surface area contributed by atoms with Crippen molar-refractivity contribution in [2.24, 2.45) is 11.1 Å². The molecule has 0 saturated carbocycles. The van der Waals surface area contributed by atoms with Crippen molar-refractivity contribution in [3.8, 4) is 0 Å². The van der Waals surface area contributed by atoms with Crippen LogP contribution in [0.15, 0.2) is 40.6 Å². The second kappa shape index (κ2) is 7.84. The lowest BCUT2D eigenvalue weighted by atomic mass is 9.73. The lowest BCUT2D eigenvalue weighted by Crippen LogP contribution is -2.51. The molecule has 2 unspecified atom stereocenters. The largest absolute Gasteiger partial charge is 0.376 e. The first kappa shape index (κ1) is 20.3. The number of benzene rings is 1. The molecule has 3 aromatic rings. The van der Waals surface area contributed by atoms with Gasteiger partial charge in [-0.05, 0) is 31.9 Å². The third kappa shape index (κ3) is 3.35. The summed E-state index contributed by atoms with van der Waals surface area (Å²) in [5.41, 5.74) is 7.23. The van der Waals surface area contributed by atoms with Crippen LogP contribution in [0, 0.1) is 5.41 Å². The van der Waals surface area contributed by atoms with E-state index < -0.39 is 0 Å². The van der Waals surface area contributed by atoms with Gasteiger partial charge in [0.2, 0.25) is 0 Å². The number of hydrogen-bond acceptors (Lipinski definition) is 7. The van der Waals surface area contributed by atoms with E-state index in [-0.39, 0.29) is 17.6 Å². The number of rotatable bonds is 3. The van der Waals surface area contributed by atoms with Gasteiger partial charge in [0.25, 0.3) is 0 Å². The molecule has 0 bridgehead atoms. The summed E-state index contributed by atoms with van der Waals surface area (Å²) in [6.45, 7) is 4.58. The number of ether oxygens (including phenoxy) is 1. The van der Waals surface area contributed by atoms with E-state index in [1.807, 2.05) is 22.8 Å². The van der Waals surface area contributed by atoms with Crippen LogP contribution in [0.5, 0.6) is 0 Å². The summed E-state index contributed by atoms with van der Waals surface area (Å²) in [5.74, 6) is 0.930. The number of nitrogens with zero attached hydrogens (tertiary/aromatic N) is 5. The average molecular weight is 465 g/mol. The van der Waals surface area contributed by atoms with E-state index in [1.165, 1.54) is 11.8 Å². The zero-order chi connectivity index (χ0) is 20.9. The third-order valence-corrected chi connectivity index (χ3v) is 8.28. The number of nitrogens with two attached hydrogens (primary N) is 1. The number of aromatic nitrogens is 4. The lowest BCUT2D eigenvalue weighted by molar-refractivity contribution is 0.0973. The number of fused-ring (bicyclic) bond motifs is 1. The standard InChI is InChI=1S/C20H22Cl2N6OS/c1-12-17(23)20(10-29-12)5-7-27(8-6-20)15-9-24-19(18-25-11-26-28(15)18)30-14-4-2-3-13(21)16(14)22/h2-4,9,11-12,17H,5-8,10,23H2,1H3. The van der Waals surface area contributed by atoms with Gasteiger partial charge in [0.05, 0.1) is 29.0 Å². The van der Waals surface area contributed by atoms with Crippen molar-refractivity contribution in [3.63, 3.8) is 0 Å². The van der Waals surface area contributed by atoms with Gasteiger partial charge in [-0.3, -0.25) is 0 Å². The van der Waals surface area contributed by atoms with Crippen LogP contribution < -0.4 is 10.6 Å². The molecule has 0 radical (unpaired) electrons. The molecule has 1 spiro atoms. The smallest absolute Gasteiger partial charge is 0.190 e. The van der Waals surface area contributed by atoms with E-state index in [2.05, 4.69) is 26.9 Å². The Hall–Kier alpha value is -1.58. The van der Waals surface area contributed by atoms with E-state index in [0.717, 1.165) is 48.3 Å². The van der Waals surface area contributed by atoms with E-state index in [4.69, 9.17) is 33.7 Å². The molecule has 2 saturated heterocycles. The van der Waals surface area contributed by atoms with Gasteiger partial charge >= 0.3 is 0 Å². The summed E-state index contributed by atoms with van der Waals surface area (Å²) < 4.78 is 7.69. The molecule has 158 valence electrons. The quantitative estimate of drug-likeness (QED) is 0.628. The fourth-order valence-electron chi connectivity index (χ4n) is 4.39. The van der Waals surface area contributed by atoms with Gasteiger partial charge in [-0.25, -0.2) is 9.97 Å². The lowest BCUT2D eigenvalue weighted by Gasteiger charge is -2.41. The topological polar surface area (TPSA) is 81.6 Å². The van der Waals surface area contributed by atoms with Gasteiger partial charge in [0.1, 0.15) is 11.4 Å². The highest BCUT2D eigenvalue weighted by atomic mass is 35.5. The van der Waals surface area contributed by atoms with Crippen LogP contribution >= 0.6 is 35.0 Å². The molecule has 2 aliphatic heterocycles. The van der Waals surface area contributed by atoms with Crippen molar-refractivity contribution in [3.05, 3.63) is 40.8 Å². The van der Waals surface area contributed by atoms with Gasteiger partial charge in [-0.15, -0.1) is 0 Å². The van der Waals surface area contributed by atoms with Crippen LogP contribution in [-0.2, 0) is 4.74 Å². The Balaban J connectivity index is 1.40. The molecule has 10 heteroatoms. The highest BCUT2D eigenvalue weighted by Gasteiger charge is 2.47. The van der Waals surface area contributed by atoms with Crippen LogP contribution in [0.3, 0.4) is 0 Å². The van der Waals surface area contributed by atoms with Gasteiger partial charge < -0.3 is 15.4 Å². The summed E-state index contributed by atoms with van der Waals surface area (Å²) in [4.78, 5) is 12.3. The van der Waals surface area contributed by atoms with Gasteiger partial charge in [0.15, 0.2) is 11.5 Å². The van der Waals surface area contributed by atoms with Crippen LogP contribution in [0.1, 0.15) is 19.8 Å². The monoisotopic (exact) mass is 464 g/mol. The Bertz CT molecular complexity index is 1080. The Morgan fingerprint density at radius 3 is 2.77 bits per heavy atom. The fourth-order valence-corrected chi connectivity index (χ4v) is 5.76. The molecule has 2 N–H and O–H groups in total. The molecule has 1 aromatic carbocycles. The van der Waals surface area contributed by atoms with Crippen molar-refractivity contribution >= 4 is 46.4 Å². The third-order valence-electron chi connectivity index (χ3n) is 6.31. The maximum absolute atomic E-state index is 6.46. The molecule has 0 amide bonds. The molecule has 30 heavy (non-hydrogen) atoms.